The van der Waals surface area contributed by atoms with Crippen LogP contribution < -0.4 is 0 Å². The van der Waals surface area contributed by atoms with Crippen LogP contribution in [0, 0.1) is 0 Å². The molecule has 2 fully saturated rings. The van der Waals surface area contributed by atoms with Gasteiger partial charge in [0.2, 0.25) is 5.91 Å². The Labute approximate surface area is 150 Å². The molecule has 2 aromatic rings. The fourth-order valence-electron chi connectivity index (χ4n) is 3.65. The van der Waals surface area contributed by atoms with E-state index < -0.39 is 0 Å². The Balaban J connectivity index is 1.41. The molecule has 5 nitrogen and oxygen atoms in total. The van der Waals surface area contributed by atoms with Gasteiger partial charge in [0.15, 0.2) is 5.16 Å². The monoisotopic (exact) mass is 365 g/mol. The van der Waals surface area contributed by atoms with Crippen LogP contribution in [-0.4, -0.2) is 51.8 Å². The molecule has 2 aliphatic rings. The maximum absolute atomic E-state index is 12.7. The molecule has 0 bridgehead atoms. The van der Waals surface area contributed by atoms with Crippen LogP contribution in [0.15, 0.2) is 23.4 Å². The number of H-pyrrole nitrogens is 1. The number of aromatic nitrogens is 2. The Kier molecular flexibility index (Phi) is 4.70. The number of benzene rings is 1. The summed E-state index contributed by atoms with van der Waals surface area (Å²) in [6.45, 7) is 1.36. The van der Waals surface area contributed by atoms with Gasteiger partial charge in [-0.15, -0.1) is 0 Å². The molecule has 4 rings (SSSR count). The molecule has 1 aliphatic heterocycles. The number of hydrogen-bond donors (Lipinski definition) is 1. The zero-order valence-corrected chi connectivity index (χ0v) is 14.9. The second-order valence-corrected chi connectivity index (χ2v) is 7.74. The maximum Gasteiger partial charge on any atom is 0.233 e. The van der Waals surface area contributed by atoms with Gasteiger partial charge in [-0.05, 0) is 31.0 Å². The number of hydrogen-bond acceptors (Lipinski definition) is 4. The highest BCUT2D eigenvalue weighted by molar-refractivity contribution is 7.99. The average molecular weight is 366 g/mol. The fraction of sp³-hybridized carbons (Fsp3) is 0.529. The first-order chi connectivity index (χ1) is 11.7. The third kappa shape index (κ3) is 3.27. The molecular weight excluding hydrogens is 346 g/mol. The summed E-state index contributed by atoms with van der Waals surface area (Å²) in [6.07, 6.45) is 4.76. The van der Waals surface area contributed by atoms with Crippen LogP contribution in [0.3, 0.4) is 0 Å². The van der Waals surface area contributed by atoms with E-state index in [0.717, 1.165) is 29.0 Å². The van der Waals surface area contributed by atoms with Crippen LogP contribution in [0.5, 0.6) is 0 Å². The van der Waals surface area contributed by atoms with Gasteiger partial charge < -0.3 is 14.6 Å². The molecule has 7 heteroatoms. The summed E-state index contributed by atoms with van der Waals surface area (Å²) in [5, 5.41) is 1.43. The molecule has 2 heterocycles. The quantitative estimate of drug-likeness (QED) is 0.846. The maximum atomic E-state index is 12.7. The average Bonchev–Trinajstić information content (AvgIpc) is 3.01. The summed E-state index contributed by atoms with van der Waals surface area (Å²) in [7, 11) is 0. The van der Waals surface area contributed by atoms with Gasteiger partial charge in [0.05, 0.1) is 35.5 Å². The number of carbonyl (C=O) groups is 1. The first-order valence-electron chi connectivity index (χ1n) is 8.40. The fourth-order valence-corrected chi connectivity index (χ4v) is 4.59. The van der Waals surface area contributed by atoms with Crippen molar-refractivity contribution in [2.24, 2.45) is 0 Å². The Morgan fingerprint density at radius 1 is 1.42 bits per heavy atom. The van der Waals surface area contributed by atoms with E-state index >= 15 is 0 Å². The third-order valence-corrected chi connectivity index (χ3v) is 5.90. The van der Waals surface area contributed by atoms with Crippen molar-refractivity contribution in [1.82, 2.24) is 14.9 Å². The van der Waals surface area contributed by atoms with E-state index in [1.807, 2.05) is 23.1 Å². The van der Waals surface area contributed by atoms with Crippen molar-refractivity contribution in [3.63, 3.8) is 0 Å². The molecule has 2 atom stereocenters. The van der Waals surface area contributed by atoms with Gasteiger partial charge in [0.1, 0.15) is 0 Å². The van der Waals surface area contributed by atoms with Crippen molar-refractivity contribution in [1.29, 1.82) is 0 Å². The highest BCUT2D eigenvalue weighted by Crippen LogP contribution is 2.29. The predicted molar refractivity (Wildman–Crippen MR) is 95.5 cm³/mol. The van der Waals surface area contributed by atoms with E-state index in [1.54, 1.807) is 0 Å². The van der Waals surface area contributed by atoms with Crippen molar-refractivity contribution in [3.05, 3.63) is 23.2 Å². The number of morpholine rings is 1. The number of ether oxygens (including phenoxy) is 1. The van der Waals surface area contributed by atoms with Crippen LogP contribution in [0.2, 0.25) is 5.02 Å². The minimum Gasteiger partial charge on any atom is -0.374 e. The van der Waals surface area contributed by atoms with Gasteiger partial charge in [-0.3, -0.25) is 4.79 Å². The summed E-state index contributed by atoms with van der Waals surface area (Å²) in [6, 6.07) is 5.82. The first kappa shape index (κ1) is 16.2. The van der Waals surface area contributed by atoms with Gasteiger partial charge >= 0.3 is 0 Å². The molecule has 1 aromatic heterocycles. The molecular formula is C17H20ClN3O2S. The van der Waals surface area contributed by atoms with E-state index in [-0.39, 0.29) is 18.1 Å². The third-order valence-electron chi connectivity index (χ3n) is 4.81. The molecule has 1 amide bonds. The summed E-state index contributed by atoms with van der Waals surface area (Å²) >= 11 is 7.45. The Bertz CT molecular complexity index is 749. The van der Waals surface area contributed by atoms with Crippen molar-refractivity contribution >= 4 is 40.3 Å². The van der Waals surface area contributed by atoms with Crippen molar-refractivity contribution < 1.29 is 9.53 Å². The van der Waals surface area contributed by atoms with Crippen molar-refractivity contribution in [3.8, 4) is 0 Å². The molecule has 0 radical (unpaired) electrons. The second kappa shape index (κ2) is 6.94. The Morgan fingerprint density at radius 2 is 2.29 bits per heavy atom. The van der Waals surface area contributed by atoms with Gasteiger partial charge in [0.25, 0.3) is 0 Å². The molecule has 0 spiro atoms. The topological polar surface area (TPSA) is 58.2 Å². The number of rotatable bonds is 3. The number of aromatic amines is 1. The van der Waals surface area contributed by atoms with Gasteiger partial charge in [-0.1, -0.05) is 36.2 Å². The lowest BCUT2D eigenvalue weighted by molar-refractivity contribution is -0.146. The van der Waals surface area contributed by atoms with E-state index in [1.165, 1.54) is 24.6 Å². The molecule has 24 heavy (non-hydrogen) atoms. The van der Waals surface area contributed by atoms with Crippen LogP contribution in [0.1, 0.15) is 25.7 Å². The highest BCUT2D eigenvalue weighted by Gasteiger charge is 2.36. The van der Waals surface area contributed by atoms with Crippen LogP contribution >= 0.6 is 23.4 Å². The molecule has 1 saturated carbocycles. The molecule has 128 valence electrons. The van der Waals surface area contributed by atoms with Crippen molar-refractivity contribution in [2.75, 3.05) is 18.9 Å². The lowest BCUT2D eigenvalue weighted by Gasteiger charge is -2.43. The van der Waals surface area contributed by atoms with E-state index in [0.29, 0.717) is 23.9 Å². The van der Waals surface area contributed by atoms with Crippen LogP contribution in [0.25, 0.3) is 11.0 Å². The number of thioether (sulfide) groups is 1. The minimum atomic E-state index is 0.179. The van der Waals surface area contributed by atoms with E-state index in [2.05, 4.69) is 9.97 Å². The zero-order chi connectivity index (χ0) is 16.5. The standard InChI is InChI=1S/C17H20ClN3O2S/c18-11-5-6-12-13(9-11)20-17(19-12)24-10-16(22)21-7-8-23-15-4-2-1-3-14(15)21/h5-6,9,14-15H,1-4,7-8,10H2,(H,19,20)/t14-,15-/m0/s1. The lowest BCUT2D eigenvalue weighted by atomic mass is 9.90. The number of nitrogens with zero attached hydrogens (tertiary/aromatic N) is 2. The molecule has 1 saturated heterocycles. The number of fused-ring (bicyclic) bond motifs is 2. The van der Waals surface area contributed by atoms with Crippen molar-refractivity contribution in [2.45, 2.75) is 43.0 Å². The largest absolute Gasteiger partial charge is 0.374 e. The normalized spacial score (nSPS) is 24.1. The molecule has 1 N–H and O–H groups in total. The smallest absolute Gasteiger partial charge is 0.233 e. The zero-order valence-electron chi connectivity index (χ0n) is 13.3. The van der Waals surface area contributed by atoms with Gasteiger partial charge in [-0.25, -0.2) is 4.98 Å². The van der Waals surface area contributed by atoms with E-state index in [9.17, 15) is 4.79 Å². The number of carbonyl (C=O) groups excluding carboxylic acids is 1. The first-order valence-corrected chi connectivity index (χ1v) is 9.76. The summed E-state index contributed by atoms with van der Waals surface area (Å²) < 4.78 is 5.84. The number of nitrogens with one attached hydrogen (secondary N) is 1. The van der Waals surface area contributed by atoms with E-state index in [4.69, 9.17) is 16.3 Å². The summed E-state index contributed by atoms with van der Waals surface area (Å²) in [5.74, 6) is 0.579. The second-order valence-electron chi connectivity index (χ2n) is 6.34. The highest BCUT2D eigenvalue weighted by atomic mass is 35.5. The molecule has 0 unspecified atom stereocenters. The number of halogens is 1. The minimum absolute atomic E-state index is 0.179. The molecule has 1 aromatic carbocycles. The van der Waals surface area contributed by atoms with Gasteiger partial charge in [-0.2, -0.15) is 0 Å². The predicted octanol–water partition coefficient (Wildman–Crippen LogP) is 3.48. The SMILES string of the molecule is O=C(CSc1nc2ccc(Cl)cc2[nH]1)N1CCO[C@H]2CCCC[C@@H]21. The summed E-state index contributed by atoms with van der Waals surface area (Å²) in [5.41, 5.74) is 1.77. The Morgan fingerprint density at radius 3 is 3.21 bits per heavy atom. The molecule has 1 aliphatic carbocycles. The number of amides is 1. The van der Waals surface area contributed by atoms with Gasteiger partial charge in [0, 0.05) is 11.6 Å². The summed E-state index contributed by atoms with van der Waals surface area (Å²) in [4.78, 5) is 22.4. The van der Waals surface area contributed by atoms with Crippen LogP contribution in [-0.2, 0) is 9.53 Å². The lowest BCUT2D eigenvalue weighted by Crippen LogP contribution is -2.55. The Hall–Kier alpha value is -1.24. The van der Waals surface area contributed by atoms with Crippen LogP contribution in [0.4, 0.5) is 0 Å². The number of imidazole rings is 1.